The fourth-order valence-electron chi connectivity index (χ4n) is 1.74. The Morgan fingerprint density at radius 1 is 1.38 bits per heavy atom. The van der Waals surface area contributed by atoms with Gasteiger partial charge in [0.25, 0.3) is 0 Å². The molecule has 0 unspecified atom stereocenters. The van der Waals surface area contributed by atoms with Crippen LogP contribution in [0, 0.1) is 0 Å². The Morgan fingerprint density at radius 3 is 2.67 bits per heavy atom. The van der Waals surface area contributed by atoms with Crippen LogP contribution in [0.3, 0.4) is 0 Å². The van der Waals surface area contributed by atoms with Crippen molar-refractivity contribution < 1.29 is 19.1 Å². The number of methoxy groups -OCH3 is 1. The Balaban J connectivity index is 2.99. The average Bonchev–Trinajstić information content (AvgIpc) is 2.75. The predicted molar refractivity (Wildman–Crippen MR) is 78.0 cm³/mol. The van der Waals surface area contributed by atoms with Crippen LogP contribution in [0.25, 0.3) is 0 Å². The fourth-order valence-corrected chi connectivity index (χ4v) is 1.74. The molecule has 1 aromatic heterocycles. The van der Waals surface area contributed by atoms with Crippen molar-refractivity contribution in [3.05, 3.63) is 5.56 Å². The Hall–Kier alpha value is -2.25. The maximum absolute atomic E-state index is 11.8. The van der Waals surface area contributed by atoms with Gasteiger partial charge in [-0.3, -0.25) is 4.79 Å². The molecule has 0 saturated heterocycles. The quantitative estimate of drug-likeness (QED) is 0.545. The van der Waals surface area contributed by atoms with Gasteiger partial charge in [0.1, 0.15) is 17.9 Å². The van der Waals surface area contributed by atoms with E-state index in [0.29, 0.717) is 12.4 Å². The molecule has 0 spiro atoms. The van der Waals surface area contributed by atoms with Crippen molar-refractivity contribution in [3.63, 3.8) is 0 Å². The number of unbranched alkanes of at least 4 members (excludes halogenated alkanes) is 1. The Kier molecular flexibility index (Phi) is 6.51. The summed E-state index contributed by atoms with van der Waals surface area (Å²) in [5, 5.41) is 7.18. The summed E-state index contributed by atoms with van der Waals surface area (Å²) in [7, 11) is 1.26. The lowest BCUT2D eigenvalue weighted by Gasteiger charge is -2.04. The minimum absolute atomic E-state index is 0.0777. The zero-order chi connectivity index (χ0) is 15.8. The van der Waals surface area contributed by atoms with E-state index in [1.54, 1.807) is 6.92 Å². The van der Waals surface area contributed by atoms with Crippen molar-refractivity contribution in [2.75, 3.05) is 31.3 Å². The van der Waals surface area contributed by atoms with Crippen molar-refractivity contribution in [3.8, 4) is 0 Å². The van der Waals surface area contributed by atoms with Gasteiger partial charge in [0, 0.05) is 6.54 Å². The van der Waals surface area contributed by atoms with Crippen LogP contribution >= 0.6 is 0 Å². The number of nitrogen functional groups attached to an aromatic ring is 1. The third-order valence-electron chi connectivity index (χ3n) is 2.79. The van der Waals surface area contributed by atoms with Crippen molar-refractivity contribution in [1.29, 1.82) is 0 Å². The number of esters is 2. The van der Waals surface area contributed by atoms with Crippen molar-refractivity contribution in [1.82, 2.24) is 9.78 Å². The SMILES string of the molecule is CCCCNc1nn(CC(=O)OCC)c(N)c1C(=O)OC. The molecule has 0 aliphatic rings. The molecule has 0 saturated carbocycles. The van der Waals surface area contributed by atoms with Gasteiger partial charge >= 0.3 is 11.9 Å². The van der Waals surface area contributed by atoms with Gasteiger partial charge in [-0.15, -0.1) is 0 Å². The zero-order valence-electron chi connectivity index (χ0n) is 12.6. The Morgan fingerprint density at radius 2 is 2.10 bits per heavy atom. The number of hydrogen-bond donors (Lipinski definition) is 2. The van der Waals surface area contributed by atoms with Crippen LogP contribution in [-0.2, 0) is 20.8 Å². The highest BCUT2D eigenvalue weighted by molar-refractivity contribution is 5.99. The second-order valence-corrected chi connectivity index (χ2v) is 4.34. The minimum Gasteiger partial charge on any atom is -0.465 e. The summed E-state index contributed by atoms with van der Waals surface area (Å²) < 4.78 is 10.8. The third kappa shape index (κ3) is 4.37. The lowest BCUT2D eigenvalue weighted by Crippen LogP contribution is -2.16. The van der Waals surface area contributed by atoms with Crippen LogP contribution in [0.5, 0.6) is 0 Å². The highest BCUT2D eigenvalue weighted by atomic mass is 16.5. The summed E-state index contributed by atoms with van der Waals surface area (Å²) >= 11 is 0. The Labute approximate surface area is 123 Å². The van der Waals surface area contributed by atoms with Gasteiger partial charge in [-0.05, 0) is 13.3 Å². The highest BCUT2D eigenvalue weighted by Gasteiger charge is 2.23. The molecule has 0 bridgehead atoms. The molecular weight excluding hydrogens is 276 g/mol. The molecule has 21 heavy (non-hydrogen) atoms. The van der Waals surface area contributed by atoms with Crippen molar-refractivity contribution in [2.24, 2.45) is 0 Å². The normalized spacial score (nSPS) is 10.2. The summed E-state index contributed by atoms with van der Waals surface area (Å²) in [6.45, 7) is 4.53. The second kappa shape index (κ2) is 8.13. The molecule has 0 radical (unpaired) electrons. The number of nitrogens with zero attached hydrogens (tertiary/aromatic N) is 2. The van der Waals surface area contributed by atoms with E-state index < -0.39 is 11.9 Å². The van der Waals surface area contributed by atoms with E-state index in [1.165, 1.54) is 11.8 Å². The van der Waals surface area contributed by atoms with Gasteiger partial charge < -0.3 is 20.5 Å². The number of hydrogen-bond acceptors (Lipinski definition) is 7. The summed E-state index contributed by atoms with van der Waals surface area (Å²) in [5.41, 5.74) is 6.02. The summed E-state index contributed by atoms with van der Waals surface area (Å²) in [5.74, 6) is -0.671. The average molecular weight is 298 g/mol. The summed E-state index contributed by atoms with van der Waals surface area (Å²) in [6, 6.07) is 0. The molecule has 0 atom stereocenters. The number of nitrogens with two attached hydrogens (primary N) is 1. The van der Waals surface area contributed by atoms with Gasteiger partial charge in [0.05, 0.1) is 13.7 Å². The van der Waals surface area contributed by atoms with Crippen LogP contribution in [-0.4, -0.2) is 42.0 Å². The molecule has 0 aliphatic heterocycles. The van der Waals surface area contributed by atoms with E-state index in [4.69, 9.17) is 15.2 Å². The van der Waals surface area contributed by atoms with E-state index >= 15 is 0 Å². The largest absolute Gasteiger partial charge is 0.465 e. The maximum Gasteiger partial charge on any atom is 0.345 e. The molecule has 3 N–H and O–H groups in total. The zero-order valence-corrected chi connectivity index (χ0v) is 12.6. The molecule has 0 aromatic carbocycles. The number of nitrogens with one attached hydrogen (secondary N) is 1. The Bertz CT molecular complexity index is 499. The fraction of sp³-hybridized carbons (Fsp3) is 0.615. The van der Waals surface area contributed by atoms with E-state index in [0.717, 1.165) is 12.8 Å². The first-order chi connectivity index (χ1) is 10.0. The van der Waals surface area contributed by atoms with E-state index in [-0.39, 0.29) is 24.5 Å². The topological polar surface area (TPSA) is 108 Å². The van der Waals surface area contributed by atoms with E-state index in [2.05, 4.69) is 17.3 Å². The summed E-state index contributed by atoms with van der Waals surface area (Å²) in [6.07, 6.45) is 1.92. The van der Waals surface area contributed by atoms with Crippen LogP contribution in [0.1, 0.15) is 37.0 Å². The van der Waals surface area contributed by atoms with Crippen LogP contribution in [0.4, 0.5) is 11.6 Å². The first-order valence-electron chi connectivity index (χ1n) is 6.89. The van der Waals surface area contributed by atoms with E-state index in [1.807, 2.05) is 0 Å². The molecule has 1 heterocycles. The number of rotatable bonds is 8. The molecule has 118 valence electrons. The standard InChI is InChI=1S/C13H22N4O4/c1-4-6-7-15-12-10(13(19)20-3)11(14)17(16-12)8-9(18)21-5-2/h4-8,14H2,1-3H3,(H,15,16). The minimum atomic E-state index is -0.596. The van der Waals surface area contributed by atoms with Crippen LogP contribution in [0.2, 0.25) is 0 Å². The van der Waals surface area contributed by atoms with Gasteiger partial charge in [0.15, 0.2) is 5.82 Å². The van der Waals surface area contributed by atoms with Crippen LogP contribution in [0.15, 0.2) is 0 Å². The monoisotopic (exact) mass is 298 g/mol. The molecule has 1 rings (SSSR count). The summed E-state index contributed by atoms with van der Waals surface area (Å²) in [4.78, 5) is 23.3. The molecule has 8 nitrogen and oxygen atoms in total. The first-order valence-corrected chi connectivity index (χ1v) is 6.89. The first kappa shape index (κ1) is 16.8. The van der Waals surface area contributed by atoms with Crippen molar-refractivity contribution >= 4 is 23.6 Å². The molecule has 1 aromatic rings. The number of carbonyl (C=O) groups excluding carboxylic acids is 2. The molecule has 8 heteroatoms. The molecular formula is C13H22N4O4. The van der Waals surface area contributed by atoms with E-state index in [9.17, 15) is 9.59 Å². The van der Waals surface area contributed by atoms with Crippen LogP contribution < -0.4 is 11.1 Å². The van der Waals surface area contributed by atoms with Gasteiger partial charge in [0.2, 0.25) is 0 Å². The van der Waals surface area contributed by atoms with Gasteiger partial charge in [-0.25, -0.2) is 9.48 Å². The molecule has 0 fully saturated rings. The lowest BCUT2D eigenvalue weighted by molar-refractivity contribution is -0.144. The van der Waals surface area contributed by atoms with Gasteiger partial charge in [-0.1, -0.05) is 13.3 Å². The number of anilines is 2. The highest BCUT2D eigenvalue weighted by Crippen LogP contribution is 2.22. The molecule has 0 amide bonds. The molecule has 0 aliphatic carbocycles. The lowest BCUT2D eigenvalue weighted by atomic mass is 10.3. The third-order valence-corrected chi connectivity index (χ3v) is 2.79. The van der Waals surface area contributed by atoms with Crippen molar-refractivity contribution in [2.45, 2.75) is 33.2 Å². The smallest absolute Gasteiger partial charge is 0.345 e. The number of carbonyl (C=O) groups is 2. The number of ether oxygens (including phenoxy) is 2. The predicted octanol–water partition coefficient (Wildman–Crippen LogP) is 1.03. The van der Waals surface area contributed by atoms with Gasteiger partial charge in [-0.2, -0.15) is 5.10 Å². The second-order valence-electron chi connectivity index (χ2n) is 4.34. The number of aromatic nitrogens is 2. The maximum atomic E-state index is 11.8.